The number of hydrogen-bond donors (Lipinski definition) is 0. The molecule has 0 aromatic heterocycles. The first kappa shape index (κ1) is 9.24. The Hall–Kier alpha value is -0.850. The van der Waals surface area contributed by atoms with E-state index in [4.69, 9.17) is 0 Å². The monoisotopic (exact) mass is 163 g/mol. The van der Waals surface area contributed by atoms with Crippen molar-refractivity contribution in [2.24, 2.45) is 16.3 Å². The van der Waals surface area contributed by atoms with Crippen LogP contribution in [0.4, 0.5) is 0 Å². The lowest BCUT2D eigenvalue weighted by Gasteiger charge is -2.16. The predicted molar refractivity (Wildman–Crippen MR) is 54.3 cm³/mol. The van der Waals surface area contributed by atoms with Crippen molar-refractivity contribution >= 4 is 6.21 Å². The van der Waals surface area contributed by atoms with E-state index >= 15 is 0 Å². The minimum Gasteiger partial charge on any atom is -0.265 e. The number of nitrogens with zero attached hydrogens (tertiary/aromatic N) is 1. The third-order valence-electron chi connectivity index (χ3n) is 2.02. The zero-order chi connectivity index (χ0) is 9.19. The molecule has 0 saturated carbocycles. The molecule has 0 bridgehead atoms. The van der Waals surface area contributed by atoms with Crippen LogP contribution in [0, 0.1) is 11.3 Å². The van der Waals surface area contributed by atoms with Crippen molar-refractivity contribution in [3.05, 3.63) is 23.9 Å². The first-order chi connectivity index (χ1) is 5.51. The van der Waals surface area contributed by atoms with Crippen molar-refractivity contribution in [1.82, 2.24) is 0 Å². The lowest BCUT2D eigenvalue weighted by molar-refractivity contribution is 0.613. The quantitative estimate of drug-likeness (QED) is 0.563. The van der Waals surface area contributed by atoms with E-state index in [-0.39, 0.29) is 5.41 Å². The van der Waals surface area contributed by atoms with Crippen molar-refractivity contribution in [3.63, 3.8) is 0 Å². The Morgan fingerprint density at radius 1 is 1.33 bits per heavy atom. The van der Waals surface area contributed by atoms with Crippen LogP contribution in [0.1, 0.15) is 27.7 Å². The Labute approximate surface area is 74.9 Å². The second-order valence-corrected chi connectivity index (χ2v) is 4.21. The highest BCUT2D eigenvalue weighted by Gasteiger charge is 2.14. The molecule has 1 aliphatic heterocycles. The first-order valence-corrected chi connectivity index (χ1v) is 4.45. The number of aliphatic imine (C=N–C) groups is 1. The molecule has 66 valence electrons. The van der Waals surface area contributed by atoms with Crippen LogP contribution in [-0.4, -0.2) is 6.21 Å². The van der Waals surface area contributed by atoms with Crippen LogP contribution in [0.15, 0.2) is 28.9 Å². The summed E-state index contributed by atoms with van der Waals surface area (Å²) in [6, 6.07) is 0. The maximum absolute atomic E-state index is 4.20. The van der Waals surface area contributed by atoms with Crippen LogP contribution in [0.3, 0.4) is 0 Å². The minimum atomic E-state index is 0.149. The standard InChI is InChI=1S/C11H17N/c1-9(2)10-7-11(3,4)5-6-12-8-10/h5-9H,1-4H3. The summed E-state index contributed by atoms with van der Waals surface area (Å²) < 4.78 is 0. The van der Waals surface area contributed by atoms with E-state index in [1.807, 2.05) is 12.4 Å². The minimum absolute atomic E-state index is 0.149. The largest absolute Gasteiger partial charge is 0.265 e. The molecule has 0 aromatic carbocycles. The van der Waals surface area contributed by atoms with Crippen LogP contribution in [0.25, 0.3) is 0 Å². The second kappa shape index (κ2) is 3.26. The van der Waals surface area contributed by atoms with E-state index in [9.17, 15) is 0 Å². The van der Waals surface area contributed by atoms with Gasteiger partial charge in [-0.3, -0.25) is 4.99 Å². The Bertz CT molecular complexity index is 242. The van der Waals surface area contributed by atoms with Gasteiger partial charge in [0.05, 0.1) is 0 Å². The van der Waals surface area contributed by atoms with Gasteiger partial charge in [0.15, 0.2) is 0 Å². The molecule has 1 aliphatic rings. The highest BCUT2D eigenvalue weighted by Crippen LogP contribution is 2.25. The molecule has 0 aromatic rings. The van der Waals surface area contributed by atoms with Crippen LogP contribution in [0.5, 0.6) is 0 Å². The normalized spacial score (nSPS) is 20.9. The van der Waals surface area contributed by atoms with Gasteiger partial charge >= 0.3 is 0 Å². The highest BCUT2D eigenvalue weighted by atomic mass is 14.7. The lowest BCUT2D eigenvalue weighted by Crippen LogP contribution is -2.05. The molecule has 1 rings (SSSR count). The summed E-state index contributed by atoms with van der Waals surface area (Å²) in [6.45, 7) is 8.78. The molecule has 0 aliphatic carbocycles. The van der Waals surface area contributed by atoms with Crippen LogP contribution < -0.4 is 0 Å². The van der Waals surface area contributed by atoms with E-state index in [0.717, 1.165) is 0 Å². The van der Waals surface area contributed by atoms with Crippen molar-refractivity contribution in [3.8, 4) is 0 Å². The SMILES string of the molecule is CC(C)C1=CC(C)(C)C=CN=C1. The van der Waals surface area contributed by atoms with Crippen LogP contribution >= 0.6 is 0 Å². The predicted octanol–water partition coefficient (Wildman–Crippen LogP) is 3.19. The third-order valence-corrected chi connectivity index (χ3v) is 2.02. The molecule has 1 heteroatoms. The van der Waals surface area contributed by atoms with Gasteiger partial charge in [0.25, 0.3) is 0 Å². The molecule has 0 atom stereocenters. The molecule has 0 radical (unpaired) electrons. The van der Waals surface area contributed by atoms with Crippen molar-refractivity contribution in [2.75, 3.05) is 0 Å². The molecule has 0 unspecified atom stereocenters. The van der Waals surface area contributed by atoms with E-state index in [2.05, 4.69) is 44.8 Å². The van der Waals surface area contributed by atoms with E-state index in [0.29, 0.717) is 5.92 Å². The van der Waals surface area contributed by atoms with Gasteiger partial charge < -0.3 is 0 Å². The average molecular weight is 163 g/mol. The molecule has 0 N–H and O–H groups in total. The summed E-state index contributed by atoms with van der Waals surface area (Å²) in [7, 11) is 0. The topological polar surface area (TPSA) is 12.4 Å². The van der Waals surface area contributed by atoms with Crippen molar-refractivity contribution in [2.45, 2.75) is 27.7 Å². The van der Waals surface area contributed by atoms with Gasteiger partial charge in [0.1, 0.15) is 0 Å². The number of allylic oxidation sites excluding steroid dienone is 3. The van der Waals surface area contributed by atoms with Gasteiger partial charge in [-0.25, -0.2) is 0 Å². The third kappa shape index (κ3) is 2.33. The van der Waals surface area contributed by atoms with Gasteiger partial charge in [0.2, 0.25) is 0 Å². The molecule has 0 saturated heterocycles. The Balaban J connectivity index is 2.95. The van der Waals surface area contributed by atoms with Gasteiger partial charge in [0, 0.05) is 17.8 Å². The molecule has 0 spiro atoms. The fourth-order valence-corrected chi connectivity index (χ4v) is 1.19. The maximum atomic E-state index is 4.20. The van der Waals surface area contributed by atoms with Gasteiger partial charge in [-0.2, -0.15) is 0 Å². The smallest absolute Gasteiger partial charge is 0.0299 e. The van der Waals surface area contributed by atoms with Crippen LogP contribution in [0.2, 0.25) is 0 Å². The van der Waals surface area contributed by atoms with Crippen molar-refractivity contribution in [1.29, 1.82) is 0 Å². The van der Waals surface area contributed by atoms with E-state index < -0.39 is 0 Å². The van der Waals surface area contributed by atoms with Gasteiger partial charge in [-0.05, 0) is 11.5 Å². The molecule has 0 fully saturated rings. The summed E-state index contributed by atoms with van der Waals surface area (Å²) in [4.78, 5) is 4.20. The fourth-order valence-electron chi connectivity index (χ4n) is 1.19. The second-order valence-electron chi connectivity index (χ2n) is 4.21. The maximum Gasteiger partial charge on any atom is 0.0299 e. The summed E-state index contributed by atoms with van der Waals surface area (Å²) in [5.74, 6) is 0.563. The molecule has 1 nitrogen and oxygen atoms in total. The van der Waals surface area contributed by atoms with E-state index in [1.54, 1.807) is 0 Å². The molecule has 1 heterocycles. The highest BCUT2D eigenvalue weighted by molar-refractivity contribution is 5.80. The lowest BCUT2D eigenvalue weighted by atomic mass is 9.88. The van der Waals surface area contributed by atoms with Crippen LogP contribution in [-0.2, 0) is 0 Å². The molecular weight excluding hydrogens is 146 g/mol. The number of rotatable bonds is 1. The summed E-state index contributed by atoms with van der Waals surface area (Å²) in [6.07, 6.45) is 8.24. The summed E-state index contributed by atoms with van der Waals surface area (Å²) >= 11 is 0. The van der Waals surface area contributed by atoms with Gasteiger partial charge in [-0.1, -0.05) is 39.8 Å². The summed E-state index contributed by atoms with van der Waals surface area (Å²) in [5.41, 5.74) is 1.47. The zero-order valence-corrected chi connectivity index (χ0v) is 8.33. The average Bonchev–Trinajstić information content (AvgIpc) is 2.10. The molecule has 12 heavy (non-hydrogen) atoms. The molecular formula is C11H17N. The Morgan fingerprint density at radius 3 is 2.58 bits per heavy atom. The first-order valence-electron chi connectivity index (χ1n) is 4.45. The zero-order valence-electron chi connectivity index (χ0n) is 8.33. The summed E-state index contributed by atoms with van der Waals surface area (Å²) in [5, 5.41) is 0. The molecule has 0 amide bonds. The van der Waals surface area contributed by atoms with Gasteiger partial charge in [-0.15, -0.1) is 0 Å². The fraction of sp³-hybridized carbons (Fsp3) is 0.545. The van der Waals surface area contributed by atoms with E-state index in [1.165, 1.54) is 5.57 Å². The Morgan fingerprint density at radius 2 is 2.00 bits per heavy atom. The number of hydrogen-bond acceptors (Lipinski definition) is 1. The van der Waals surface area contributed by atoms with Crippen molar-refractivity contribution < 1.29 is 0 Å². The Kier molecular flexibility index (Phi) is 2.51.